The van der Waals surface area contributed by atoms with E-state index < -0.39 is 0 Å². The van der Waals surface area contributed by atoms with Gasteiger partial charge in [-0.25, -0.2) is 4.98 Å². The van der Waals surface area contributed by atoms with Gasteiger partial charge >= 0.3 is 0 Å². The van der Waals surface area contributed by atoms with Crippen molar-refractivity contribution in [2.24, 2.45) is 0 Å². The molecule has 0 saturated heterocycles. The van der Waals surface area contributed by atoms with Gasteiger partial charge in [-0.15, -0.1) is 0 Å². The van der Waals surface area contributed by atoms with Crippen LogP contribution < -0.4 is 0 Å². The van der Waals surface area contributed by atoms with Gasteiger partial charge in [-0.1, -0.05) is 54.1 Å². The highest BCUT2D eigenvalue weighted by Gasteiger charge is 2.04. The molecule has 1 heterocycles. The van der Waals surface area contributed by atoms with Crippen LogP contribution in [-0.2, 0) is 13.0 Å². The first-order valence-corrected chi connectivity index (χ1v) is 7.01. The van der Waals surface area contributed by atoms with Gasteiger partial charge in [0.2, 0.25) is 0 Å². The SMILES string of the molecule is Clc1ccc(CCn2cncc2-c2ccccc2)cc1. The topological polar surface area (TPSA) is 17.8 Å². The van der Waals surface area contributed by atoms with Gasteiger partial charge in [-0.3, -0.25) is 0 Å². The molecule has 0 N–H and O–H groups in total. The third kappa shape index (κ3) is 2.91. The highest BCUT2D eigenvalue weighted by Crippen LogP contribution is 2.19. The van der Waals surface area contributed by atoms with Gasteiger partial charge in [0.15, 0.2) is 0 Å². The van der Waals surface area contributed by atoms with Crippen molar-refractivity contribution in [2.45, 2.75) is 13.0 Å². The first-order chi connectivity index (χ1) is 9.83. The van der Waals surface area contributed by atoms with Crippen molar-refractivity contribution in [1.29, 1.82) is 0 Å². The van der Waals surface area contributed by atoms with Crippen molar-refractivity contribution in [3.63, 3.8) is 0 Å². The summed E-state index contributed by atoms with van der Waals surface area (Å²) in [5, 5.41) is 0.779. The molecule has 0 aliphatic carbocycles. The summed E-state index contributed by atoms with van der Waals surface area (Å²) in [5.41, 5.74) is 3.63. The van der Waals surface area contributed by atoms with Crippen molar-refractivity contribution in [3.05, 3.63) is 77.7 Å². The molecule has 0 amide bonds. The normalized spacial score (nSPS) is 10.7. The summed E-state index contributed by atoms with van der Waals surface area (Å²) in [6.45, 7) is 0.909. The first kappa shape index (κ1) is 12.9. The van der Waals surface area contributed by atoms with Crippen LogP contribution in [0.5, 0.6) is 0 Å². The second kappa shape index (κ2) is 5.93. The summed E-state index contributed by atoms with van der Waals surface area (Å²) in [6, 6.07) is 18.3. The van der Waals surface area contributed by atoms with E-state index in [9.17, 15) is 0 Å². The summed E-state index contributed by atoms with van der Waals surface area (Å²) in [5.74, 6) is 0. The number of nitrogens with zero attached hydrogens (tertiary/aromatic N) is 2. The molecule has 1 aromatic heterocycles. The molecule has 0 atom stereocenters. The molecule has 0 spiro atoms. The molecule has 0 saturated carbocycles. The number of halogens is 1. The number of benzene rings is 2. The Morgan fingerprint density at radius 2 is 1.70 bits per heavy atom. The largest absolute Gasteiger partial charge is 0.330 e. The molecule has 3 heteroatoms. The maximum Gasteiger partial charge on any atom is 0.0951 e. The zero-order valence-electron chi connectivity index (χ0n) is 11.0. The van der Waals surface area contributed by atoms with Crippen LogP contribution in [0.4, 0.5) is 0 Å². The minimum absolute atomic E-state index is 0.779. The van der Waals surface area contributed by atoms with Crippen LogP contribution >= 0.6 is 11.6 Å². The van der Waals surface area contributed by atoms with E-state index in [-0.39, 0.29) is 0 Å². The zero-order chi connectivity index (χ0) is 13.8. The Balaban J connectivity index is 1.76. The Morgan fingerprint density at radius 3 is 2.45 bits per heavy atom. The monoisotopic (exact) mass is 282 g/mol. The number of imidazole rings is 1. The molecular formula is C17H15ClN2. The molecule has 0 fully saturated rings. The van der Waals surface area contributed by atoms with Crippen molar-refractivity contribution < 1.29 is 0 Å². The molecular weight excluding hydrogens is 268 g/mol. The number of hydrogen-bond donors (Lipinski definition) is 0. The van der Waals surface area contributed by atoms with Crippen molar-refractivity contribution >= 4 is 11.6 Å². The van der Waals surface area contributed by atoms with Crippen LogP contribution in [0.15, 0.2) is 67.1 Å². The lowest BCUT2D eigenvalue weighted by Gasteiger charge is -2.08. The smallest absolute Gasteiger partial charge is 0.0951 e. The van der Waals surface area contributed by atoms with E-state index in [0.717, 1.165) is 23.7 Å². The molecule has 20 heavy (non-hydrogen) atoms. The second-order valence-corrected chi connectivity index (χ2v) is 5.15. The number of aryl methyl sites for hydroxylation is 2. The van der Waals surface area contributed by atoms with Crippen LogP contribution in [-0.4, -0.2) is 9.55 Å². The van der Waals surface area contributed by atoms with Gasteiger partial charge in [0.05, 0.1) is 18.2 Å². The van der Waals surface area contributed by atoms with Crippen LogP contribution in [0.3, 0.4) is 0 Å². The fourth-order valence-corrected chi connectivity index (χ4v) is 2.37. The summed E-state index contributed by atoms with van der Waals surface area (Å²) in [7, 11) is 0. The lowest BCUT2D eigenvalue weighted by Crippen LogP contribution is -2.01. The predicted octanol–water partition coefficient (Wildman–Crippen LogP) is 4.45. The molecule has 0 unspecified atom stereocenters. The van der Waals surface area contributed by atoms with Crippen LogP contribution in [0.1, 0.15) is 5.56 Å². The Morgan fingerprint density at radius 1 is 0.950 bits per heavy atom. The Labute approximate surface area is 123 Å². The minimum Gasteiger partial charge on any atom is -0.330 e. The number of hydrogen-bond acceptors (Lipinski definition) is 1. The molecule has 0 aliphatic rings. The van der Waals surface area contributed by atoms with Crippen LogP contribution in [0.25, 0.3) is 11.3 Å². The average molecular weight is 283 g/mol. The summed E-state index contributed by atoms with van der Waals surface area (Å²) in [6.07, 6.45) is 4.77. The van der Waals surface area contributed by atoms with E-state index in [1.54, 1.807) is 0 Å². The van der Waals surface area contributed by atoms with Crippen molar-refractivity contribution in [2.75, 3.05) is 0 Å². The first-order valence-electron chi connectivity index (χ1n) is 6.63. The molecule has 0 radical (unpaired) electrons. The third-order valence-electron chi connectivity index (χ3n) is 3.34. The molecule has 2 aromatic carbocycles. The maximum absolute atomic E-state index is 5.90. The van der Waals surface area contributed by atoms with E-state index in [4.69, 9.17) is 11.6 Å². The number of aromatic nitrogens is 2. The molecule has 3 aromatic rings. The molecule has 2 nitrogen and oxygen atoms in total. The highest BCUT2D eigenvalue weighted by atomic mass is 35.5. The van der Waals surface area contributed by atoms with E-state index in [1.165, 1.54) is 11.1 Å². The summed E-state index contributed by atoms with van der Waals surface area (Å²) < 4.78 is 2.18. The van der Waals surface area contributed by atoms with Crippen LogP contribution in [0, 0.1) is 0 Å². The number of rotatable bonds is 4. The van der Waals surface area contributed by atoms with Gasteiger partial charge < -0.3 is 4.57 Å². The van der Waals surface area contributed by atoms with Gasteiger partial charge in [0.1, 0.15) is 0 Å². The highest BCUT2D eigenvalue weighted by molar-refractivity contribution is 6.30. The van der Waals surface area contributed by atoms with Crippen molar-refractivity contribution in [3.8, 4) is 11.3 Å². The van der Waals surface area contributed by atoms with Gasteiger partial charge in [0.25, 0.3) is 0 Å². The van der Waals surface area contributed by atoms with E-state index >= 15 is 0 Å². The molecule has 0 aliphatic heterocycles. The van der Waals surface area contributed by atoms with E-state index in [1.807, 2.05) is 42.9 Å². The fourth-order valence-electron chi connectivity index (χ4n) is 2.25. The maximum atomic E-state index is 5.90. The van der Waals surface area contributed by atoms with Gasteiger partial charge in [-0.05, 0) is 29.7 Å². The predicted molar refractivity (Wildman–Crippen MR) is 82.8 cm³/mol. The average Bonchev–Trinajstić information content (AvgIpc) is 2.96. The standard InChI is InChI=1S/C17H15ClN2/c18-16-8-6-14(7-9-16)10-11-20-13-19-12-17(20)15-4-2-1-3-5-15/h1-9,12-13H,10-11H2. The second-order valence-electron chi connectivity index (χ2n) is 4.71. The van der Waals surface area contributed by atoms with Crippen LogP contribution in [0.2, 0.25) is 5.02 Å². The zero-order valence-corrected chi connectivity index (χ0v) is 11.8. The summed E-state index contributed by atoms with van der Waals surface area (Å²) >= 11 is 5.90. The lowest BCUT2D eigenvalue weighted by atomic mass is 10.1. The van der Waals surface area contributed by atoms with Crippen molar-refractivity contribution in [1.82, 2.24) is 9.55 Å². The fraction of sp³-hybridized carbons (Fsp3) is 0.118. The Kier molecular flexibility index (Phi) is 3.84. The molecule has 3 rings (SSSR count). The van der Waals surface area contributed by atoms with Gasteiger partial charge in [0, 0.05) is 11.6 Å². The van der Waals surface area contributed by atoms with Gasteiger partial charge in [-0.2, -0.15) is 0 Å². The van der Waals surface area contributed by atoms with E-state index in [0.29, 0.717) is 0 Å². The molecule has 0 bridgehead atoms. The molecule has 100 valence electrons. The lowest BCUT2D eigenvalue weighted by molar-refractivity contribution is 0.702. The third-order valence-corrected chi connectivity index (χ3v) is 3.59. The van der Waals surface area contributed by atoms with E-state index in [2.05, 4.69) is 33.8 Å². The summed E-state index contributed by atoms with van der Waals surface area (Å²) in [4.78, 5) is 4.27. The quantitative estimate of drug-likeness (QED) is 0.691. The minimum atomic E-state index is 0.779. The Bertz CT molecular complexity index is 672. The Hall–Kier alpha value is -2.06.